The second kappa shape index (κ2) is 14.0. The van der Waals surface area contributed by atoms with Gasteiger partial charge in [-0.2, -0.15) is 0 Å². The summed E-state index contributed by atoms with van der Waals surface area (Å²) in [5.74, 6) is 0.770. The summed E-state index contributed by atoms with van der Waals surface area (Å²) in [6.07, 6.45) is 4.92. The van der Waals surface area contributed by atoms with E-state index in [2.05, 4.69) is 67.4 Å². The predicted octanol–water partition coefficient (Wildman–Crippen LogP) is 7.22. The molecule has 254 valence electrons. The van der Waals surface area contributed by atoms with Crippen LogP contribution >= 0.6 is 0 Å². The number of hydrogen-bond donors (Lipinski definition) is 0. The van der Waals surface area contributed by atoms with Crippen molar-refractivity contribution in [2.24, 2.45) is 0 Å². The van der Waals surface area contributed by atoms with E-state index < -0.39 is 33.9 Å². The molecule has 0 N–H and O–H groups in total. The van der Waals surface area contributed by atoms with Gasteiger partial charge in [0.1, 0.15) is 18.0 Å². The molecule has 10 heteroatoms. The molecular formula is C35H58O8Si2. The summed E-state index contributed by atoms with van der Waals surface area (Å²) in [4.78, 5) is 13.1. The van der Waals surface area contributed by atoms with Crippen LogP contribution in [-0.2, 0) is 39.2 Å². The minimum atomic E-state index is -2.04. The van der Waals surface area contributed by atoms with Crippen molar-refractivity contribution in [3.8, 4) is 5.75 Å². The largest absolute Gasteiger partial charge is 0.497 e. The Morgan fingerprint density at radius 2 is 1.71 bits per heavy atom. The van der Waals surface area contributed by atoms with Gasteiger partial charge in [0.25, 0.3) is 0 Å². The molecular weight excluding hydrogens is 605 g/mol. The van der Waals surface area contributed by atoms with Gasteiger partial charge in [-0.3, -0.25) is 4.79 Å². The normalized spacial score (nSPS) is 32.5. The fourth-order valence-corrected chi connectivity index (χ4v) is 9.12. The fourth-order valence-electron chi connectivity index (χ4n) is 6.52. The molecule has 0 saturated carbocycles. The highest BCUT2D eigenvalue weighted by Gasteiger charge is 2.58. The molecule has 7 atom stereocenters. The van der Waals surface area contributed by atoms with E-state index in [4.69, 9.17) is 32.5 Å². The van der Waals surface area contributed by atoms with Crippen LogP contribution in [0.25, 0.3) is 0 Å². The van der Waals surface area contributed by atoms with Gasteiger partial charge in [-0.15, -0.1) is 0 Å². The summed E-state index contributed by atoms with van der Waals surface area (Å²) in [5.41, 5.74) is 0.0270. The van der Waals surface area contributed by atoms with Crippen molar-refractivity contribution in [2.75, 3.05) is 20.3 Å². The van der Waals surface area contributed by atoms with Gasteiger partial charge in [0.05, 0.1) is 49.8 Å². The zero-order valence-electron chi connectivity index (χ0n) is 29.6. The molecule has 2 saturated heterocycles. The lowest BCUT2D eigenvalue weighted by Gasteiger charge is -2.58. The van der Waals surface area contributed by atoms with E-state index in [-0.39, 0.29) is 41.8 Å². The second-order valence-electron chi connectivity index (χ2n) is 16.0. The number of hydrogen-bond acceptors (Lipinski definition) is 8. The van der Waals surface area contributed by atoms with E-state index in [9.17, 15) is 4.79 Å². The van der Waals surface area contributed by atoms with Crippen molar-refractivity contribution in [3.63, 3.8) is 0 Å². The quantitative estimate of drug-likeness (QED) is 0.171. The molecule has 0 spiro atoms. The van der Waals surface area contributed by atoms with Gasteiger partial charge >= 0.3 is 0 Å². The van der Waals surface area contributed by atoms with Crippen LogP contribution in [0.5, 0.6) is 5.75 Å². The number of ether oxygens (including phenoxy) is 5. The lowest BCUT2D eigenvalue weighted by atomic mass is 9.74. The van der Waals surface area contributed by atoms with Crippen LogP contribution in [0.3, 0.4) is 0 Å². The monoisotopic (exact) mass is 662 g/mol. The average Bonchev–Trinajstić information content (AvgIpc) is 3.07. The molecule has 0 bridgehead atoms. The highest BCUT2D eigenvalue weighted by Crippen LogP contribution is 2.48. The summed E-state index contributed by atoms with van der Waals surface area (Å²) in [6, 6.07) is 7.97. The zero-order valence-corrected chi connectivity index (χ0v) is 31.6. The smallest absolute Gasteiger partial charge is 0.192 e. The molecule has 2 fully saturated rings. The Balaban J connectivity index is 1.42. The molecule has 3 aliphatic heterocycles. The predicted molar refractivity (Wildman–Crippen MR) is 182 cm³/mol. The van der Waals surface area contributed by atoms with Crippen molar-refractivity contribution in [1.29, 1.82) is 0 Å². The average molecular weight is 663 g/mol. The van der Waals surface area contributed by atoms with Crippen LogP contribution in [0.1, 0.15) is 65.9 Å². The Morgan fingerprint density at radius 1 is 1.02 bits per heavy atom. The van der Waals surface area contributed by atoms with Crippen molar-refractivity contribution in [3.05, 3.63) is 42.0 Å². The van der Waals surface area contributed by atoms with E-state index >= 15 is 0 Å². The van der Waals surface area contributed by atoms with E-state index in [1.54, 1.807) is 13.2 Å². The third kappa shape index (κ3) is 9.16. The first-order chi connectivity index (χ1) is 20.8. The van der Waals surface area contributed by atoms with Gasteiger partial charge in [-0.1, -0.05) is 32.9 Å². The first-order valence-corrected chi connectivity index (χ1v) is 22.9. The van der Waals surface area contributed by atoms with Gasteiger partial charge in [0.15, 0.2) is 22.4 Å². The molecule has 0 aromatic heterocycles. The Labute approximate surface area is 273 Å². The van der Waals surface area contributed by atoms with Crippen LogP contribution in [0.15, 0.2) is 36.4 Å². The number of fused-ring (bicyclic) bond motifs is 2. The van der Waals surface area contributed by atoms with Gasteiger partial charge < -0.3 is 32.5 Å². The van der Waals surface area contributed by atoms with Crippen LogP contribution in [0.2, 0.25) is 37.8 Å². The minimum absolute atomic E-state index is 0.0468. The molecule has 0 amide bonds. The summed E-state index contributed by atoms with van der Waals surface area (Å²) >= 11 is 0. The van der Waals surface area contributed by atoms with E-state index in [1.807, 2.05) is 30.3 Å². The first-order valence-electron chi connectivity index (χ1n) is 16.6. The maximum absolute atomic E-state index is 13.1. The highest BCUT2D eigenvalue weighted by atomic mass is 28.4. The van der Waals surface area contributed by atoms with Crippen LogP contribution in [0.4, 0.5) is 0 Å². The topological polar surface area (TPSA) is 81.7 Å². The standard InChI is InChI=1S/C35H58O8Si2/c1-33(2,3)45(10,11)39-23-30-27(36)18-19-28-29(40-30)21-32-34(4,42-28)24-35(5,43-44(7,8)9)31(41-32)13-12-20-38-22-25-14-16-26(37-6)17-15-25/h14-19,28-32H,12-13,20-24H2,1-11H3/t28-,29+,30-,31+,32-,34+,35-/m1/s1. The molecule has 45 heavy (non-hydrogen) atoms. The maximum atomic E-state index is 13.1. The SMILES string of the molecule is COc1ccc(COCCC[C@@H]2O[C@@H]3C[C@@H]4O[C@H](CO[Si](C)(C)C(C)(C)C)C(=O)C=C[C@H]4O[C@@]3(C)C[C@@]2(C)O[Si](C)(C)C)cc1. The van der Waals surface area contributed by atoms with Crippen LogP contribution in [0, 0.1) is 0 Å². The molecule has 0 unspecified atom stereocenters. The molecule has 1 aromatic rings. The van der Waals surface area contributed by atoms with Crippen LogP contribution in [-0.4, -0.2) is 84.5 Å². The van der Waals surface area contributed by atoms with E-state index in [0.29, 0.717) is 26.1 Å². The second-order valence-corrected chi connectivity index (χ2v) is 25.2. The molecule has 3 heterocycles. The Kier molecular flexibility index (Phi) is 11.3. The molecule has 0 aliphatic carbocycles. The fraction of sp³-hybridized carbons (Fsp3) is 0.743. The first kappa shape index (κ1) is 36.5. The Morgan fingerprint density at radius 3 is 2.33 bits per heavy atom. The number of rotatable bonds is 12. The van der Waals surface area contributed by atoms with Crippen LogP contribution < -0.4 is 4.74 Å². The van der Waals surface area contributed by atoms with Crippen molar-refractivity contribution in [2.45, 2.75) is 146 Å². The van der Waals surface area contributed by atoms with Crippen molar-refractivity contribution < 1.29 is 37.3 Å². The summed E-state index contributed by atoms with van der Waals surface area (Å²) in [7, 11) is -2.30. The van der Waals surface area contributed by atoms with Crippen molar-refractivity contribution in [1.82, 2.24) is 0 Å². The minimum Gasteiger partial charge on any atom is -0.497 e. The molecule has 8 nitrogen and oxygen atoms in total. The molecule has 4 rings (SSSR count). The number of benzene rings is 1. The van der Waals surface area contributed by atoms with Gasteiger partial charge in [-0.25, -0.2) is 0 Å². The Hall–Kier alpha value is -1.38. The summed E-state index contributed by atoms with van der Waals surface area (Å²) in [5, 5.41) is 0.0468. The van der Waals surface area contributed by atoms with E-state index in [0.717, 1.165) is 24.2 Å². The number of ketones is 1. The third-order valence-electron chi connectivity index (χ3n) is 9.84. The summed E-state index contributed by atoms with van der Waals surface area (Å²) in [6.45, 7) is 23.4. The number of carbonyl (C=O) groups excluding carboxylic acids is 1. The highest BCUT2D eigenvalue weighted by molar-refractivity contribution is 6.74. The lowest BCUT2D eigenvalue weighted by molar-refractivity contribution is -0.301. The Bertz CT molecular complexity index is 1170. The number of carbonyl (C=O) groups is 1. The number of methoxy groups -OCH3 is 1. The lowest BCUT2D eigenvalue weighted by Crippen LogP contribution is -2.67. The van der Waals surface area contributed by atoms with Crippen molar-refractivity contribution >= 4 is 22.4 Å². The third-order valence-corrected chi connectivity index (χ3v) is 15.4. The van der Waals surface area contributed by atoms with Gasteiger partial charge in [-0.05, 0) is 94.3 Å². The molecule has 1 aromatic carbocycles. The van der Waals surface area contributed by atoms with Gasteiger partial charge in [0.2, 0.25) is 0 Å². The maximum Gasteiger partial charge on any atom is 0.192 e. The summed E-state index contributed by atoms with van der Waals surface area (Å²) < 4.78 is 44.8. The van der Waals surface area contributed by atoms with Gasteiger partial charge in [0, 0.05) is 19.4 Å². The molecule has 3 aliphatic rings. The zero-order chi connectivity index (χ0) is 33.3. The molecule has 0 radical (unpaired) electrons. The van der Waals surface area contributed by atoms with E-state index in [1.165, 1.54) is 0 Å².